The summed E-state index contributed by atoms with van der Waals surface area (Å²) in [5, 5.41) is 9.47. The lowest BCUT2D eigenvalue weighted by atomic mass is 10.1. The summed E-state index contributed by atoms with van der Waals surface area (Å²) in [5.41, 5.74) is 0.790. The van der Waals surface area contributed by atoms with Gasteiger partial charge in [-0.15, -0.1) is 11.3 Å². The lowest BCUT2D eigenvalue weighted by Gasteiger charge is -2.03. The minimum atomic E-state index is -0.0530. The summed E-state index contributed by atoms with van der Waals surface area (Å²) < 4.78 is 5.93. The van der Waals surface area contributed by atoms with Crippen LogP contribution in [0.15, 0.2) is 40.2 Å². The van der Waals surface area contributed by atoms with Crippen molar-refractivity contribution in [1.29, 1.82) is 0 Å². The number of rotatable bonds is 4. The van der Waals surface area contributed by atoms with Gasteiger partial charge < -0.3 is 9.84 Å². The van der Waals surface area contributed by atoms with Gasteiger partial charge in [-0.05, 0) is 51.8 Å². The van der Waals surface area contributed by atoms with Crippen molar-refractivity contribution in [3.63, 3.8) is 0 Å². The number of thiophene rings is 1. The van der Waals surface area contributed by atoms with E-state index in [1.807, 2.05) is 6.07 Å². The van der Waals surface area contributed by atoms with Crippen LogP contribution in [0.1, 0.15) is 15.2 Å². The number of carbonyl (C=O) groups excluding carboxylic acids is 1. The Hall–Kier alpha value is -1.59. The standard InChI is InChI=1S/C14H11BrO3S/c1-18-12-8-9(2-4-10(12)16)3-5-11(17)13-6-7-14(15)19-13/h2-8,16H,1H3/b5-3+. The van der Waals surface area contributed by atoms with Crippen molar-refractivity contribution in [1.82, 2.24) is 0 Å². The van der Waals surface area contributed by atoms with Crippen LogP contribution in [0, 0.1) is 0 Å². The molecule has 1 aromatic carbocycles. The Morgan fingerprint density at radius 3 is 2.79 bits per heavy atom. The molecule has 0 unspecified atom stereocenters. The van der Waals surface area contributed by atoms with E-state index in [4.69, 9.17) is 4.74 Å². The van der Waals surface area contributed by atoms with Gasteiger partial charge in [0.25, 0.3) is 0 Å². The molecular formula is C14H11BrO3S. The monoisotopic (exact) mass is 338 g/mol. The lowest BCUT2D eigenvalue weighted by molar-refractivity contribution is 0.105. The van der Waals surface area contributed by atoms with Crippen molar-refractivity contribution in [2.45, 2.75) is 0 Å². The zero-order valence-corrected chi connectivity index (χ0v) is 12.5. The van der Waals surface area contributed by atoms with E-state index in [0.29, 0.717) is 10.6 Å². The highest BCUT2D eigenvalue weighted by molar-refractivity contribution is 9.11. The van der Waals surface area contributed by atoms with Crippen molar-refractivity contribution >= 4 is 39.1 Å². The van der Waals surface area contributed by atoms with E-state index in [0.717, 1.165) is 9.35 Å². The van der Waals surface area contributed by atoms with Crippen LogP contribution >= 0.6 is 27.3 Å². The van der Waals surface area contributed by atoms with E-state index in [1.165, 1.54) is 30.6 Å². The SMILES string of the molecule is COc1cc(/C=C/C(=O)c2ccc(Br)s2)ccc1O. The molecule has 0 atom stereocenters. The second-order valence-electron chi connectivity index (χ2n) is 3.73. The minimum absolute atomic E-state index is 0.0530. The van der Waals surface area contributed by atoms with E-state index in [2.05, 4.69) is 15.9 Å². The summed E-state index contributed by atoms with van der Waals surface area (Å²) >= 11 is 4.71. The number of aromatic hydroxyl groups is 1. The number of allylic oxidation sites excluding steroid dienone is 1. The summed E-state index contributed by atoms with van der Waals surface area (Å²) in [5.74, 6) is 0.407. The molecule has 2 aromatic rings. The molecule has 5 heteroatoms. The molecule has 0 aliphatic carbocycles. The molecule has 0 bridgehead atoms. The van der Waals surface area contributed by atoms with Crippen LogP contribution in [0.2, 0.25) is 0 Å². The maximum absolute atomic E-state index is 11.9. The van der Waals surface area contributed by atoms with Crippen LogP contribution in [0.25, 0.3) is 6.08 Å². The maximum atomic E-state index is 11.9. The van der Waals surface area contributed by atoms with Gasteiger partial charge in [0.2, 0.25) is 0 Å². The number of halogens is 1. The van der Waals surface area contributed by atoms with Crippen molar-refractivity contribution in [3.05, 3.63) is 50.6 Å². The van der Waals surface area contributed by atoms with E-state index in [1.54, 1.807) is 24.3 Å². The molecule has 1 aromatic heterocycles. The number of phenols is 1. The summed E-state index contributed by atoms with van der Waals surface area (Å²) in [4.78, 5) is 12.5. The number of methoxy groups -OCH3 is 1. The summed E-state index contributed by atoms with van der Waals surface area (Å²) in [7, 11) is 1.48. The number of benzene rings is 1. The third-order valence-electron chi connectivity index (χ3n) is 2.45. The minimum Gasteiger partial charge on any atom is -0.504 e. The molecule has 0 radical (unpaired) electrons. The summed E-state index contributed by atoms with van der Waals surface area (Å²) in [6.45, 7) is 0. The molecule has 0 fully saturated rings. The van der Waals surface area contributed by atoms with E-state index in [-0.39, 0.29) is 11.5 Å². The first kappa shape index (κ1) is 13.8. The summed E-state index contributed by atoms with van der Waals surface area (Å²) in [6, 6.07) is 8.54. The van der Waals surface area contributed by atoms with Crippen LogP contribution in [0.3, 0.4) is 0 Å². The van der Waals surface area contributed by atoms with Gasteiger partial charge in [0.1, 0.15) is 0 Å². The van der Waals surface area contributed by atoms with Crippen LogP contribution in [0.5, 0.6) is 11.5 Å². The zero-order valence-electron chi connectivity index (χ0n) is 10.1. The number of ketones is 1. The van der Waals surface area contributed by atoms with Gasteiger partial charge in [-0.25, -0.2) is 0 Å². The number of hydrogen-bond acceptors (Lipinski definition) is 4. The Balaban J connectivity index is 2.16. The Morgan fingerprint density at radius 2 is 2.16 bits per heavy atom. The molecule has 0 saturated carbocycles. The Labute approximate surface area is 123 Å². The zero-order chi connectivity index (χ0) is 13.8. The third-order valence-corrected chi connectivity index (χ3v) is 4.09. The molecule has 3 nitrogen and oxygen atoms in total. The van der Waals surface area contributed by atoms with Crippen LogP contribution in [-0.2, 0) is 0 Å². The van der Waals surface area contributed by atoms with Gasteiger partial charge in [-0.1, -0.05) is 12.1 Å². The van der Waals surface area contributed by atoms with E-state index in [9.17, 15) is 9.90 Å². The van der Waals surface area contributed by atoms with Gasteiger partial charge >= 0.3 is 0 Å². The first-order chi connectivity index (χ1) is 9.10. The average molecular weight is 339 g/mol. The van der Waals surface area contributed by atoms with Crippen molar-refractivity contribution < 1.29 is 14.6 Å². The average Bonchev–Trinajstić information content (AvgIpc) is 2.84. The predicted octanol–water partition coefficient (Wildman–Crippen LogP) is 4.12. The first-order valence-corrected chi connectivity index (χ1v) is 7.06. The largest absolute Gasteiger partial charge is 0.504 e. The van der Waals surface area contributed by atoms with Crippen LogP contribution < -0.4 is 4.74 Å². The molecule has 1 N–H and O–H groups in total. The molecule has 1 heterocycles. The van der Waals surface area contributed by atoms with Crippen molar-refractivity contribution in [2.24, 2.45) is 0 Å². The molecule has 0 spiro atoms. The molecular weight excluding hydrogens is 328 g/mol. The maximum Gasteiger partial charge on any atom is 0.195 e. The second-order valence-corrected chi connectivity index (χ2v) is 6.20. The number of ether oxygens (including phenoxy) is 1. The number of carbonyl (C=O) groups is 1. The van der Waals surface area contributed by atoms with Gasteiger partial charge in [-0.3, -0.25) is 4.79 Å². The molecule has 0 aliphatic rings. The van der Waals surface area contributed by atoms with Crippen molar-refractivity contribution in [3.8, 4) is 11.5 Å². The molecule has 2 rings (SSSR count). The number of phenolic OH excluding ortho intramolecular Hbond substituents is 1. The molecule has 0 aliphatic heterocycles. The first-order valence-electron chi connectivity index (χ1n) is 5.45. The topological polar surface area (TPSA) is 46.5 Å². The smallest absolute Gasteiger partial charge is 0.195 e. The fraction of sp³-hybridized carbons (Fsp3) is 0.0714. The van der Waals surface area contributed by atoms with Gasteiger partial charge in [0.15, 0.2) is 17.3 Å². The Kier molecular flexibility index (Phi) is 4.39. The fourth-order valence-corrected chi connectivity index (χ4v) is 2.80. The molecule has 98 valence electrons. The highest BCUT2D eigenvalue weighted by atomic mass is 79.9. The van der Waals surface area contributed by atoms with Crippen LogP contribution in [0.4, 0.5) is 0 Å². The van der Waals surface area contributed by atoms with Gasteiger partial charge in [0, 0.05) is 0 Å². The van der Waals surface area contributed by atoms with Gasteiger partial charge in [-0.2, -0.15) is 0 Å². The van der Waals surface area contributed by atoms with E-state index >= 15 is 0 Å². The molecule has 0 saturated heterocycles. The van der Waals surface area contributed by atoms with E-state index < -0.39 is 0 Å². The quantitative estimate of drug-likeness (QED) is 0.673. The van der Waals surface area contributed by atoms with Gasteiger partial charge in [0.05, 0.1) is 15.8 Å². The molecule has 0 amide bonds. The van der Waals surface area contributed by atoms with Crippen LogP contribution in [-0.4, -0.2) is 18.0 Å². The molecule has 19 heavy (non-hydrogen) atoms. The second kappa shape index (κ2) is 6.04. The summed E-state index contributed by atoms with van der Waals surface area (Å²) in [6.07, 6.45) is 3.20. The highest BCUT2D eigenvalue weighted by Crippen LogP contribution is 2.27. The Bertz CT molecular complexity index is 631. The third kappa shape index (κ3) is 3.45. The van der Waals surface area contributed by atoms with Crippen molar-refractivity contribution in [2.75, 3.05) is 7.11 Å². The number of hydrogen-bond donors (Lipinski definition) is 1. The fourth-order valence-electron chi connectivity index (χ4n) is 1.50. The predicted molar refractivity (Wildman–Crippen MR) is 80.0 cm³/mol. The lowest BCUT2D eigenvalue weighted by Crippen LogP contribution is -1.89. The highest BCUT2D eigenvalue weighted by Gasteiger charge is 2.05. The Morgan fingerprint density at radius 1 is 1.37 bits per heavy atom. The normalized spacial score (nSPS) is 10.8.